The van der Waals surface area contributed by atoms with Crippen molar-refractivity contribution in [1.82, 2.24) is 14.9 Å². The third-order valence-corrected chi connectivity index (χ3v) is 3.99. The van der Waals surface area contributed by atoms with Crippen LogP contribution in [0.25, 0.3) is 0 Å². The van der Waals surface area contributed by atoms with Gasteiger partial charge in [0, 0.05) is 5.75 Å². The van der Waals surface area contributed by atoms with E-state index in [0.717, 1.165) is 0 Å². The maximum atomic E-state index is 12.2. The van der Waals surface area contributed by atoms with Crippen LogP contribution in [-0.2, 0) is 4.79 Å². The highest BCUT2D eigenvalue weighted by molar-refractivity contribution is 8.00. The van der Waals surface area contributed by atoms with Crippen LogP contribution in [0.4, 0.5) is 0 Å². The Morgan fingerprint density at radius 2 is 2.22 bits per heavy atom. The third-order valence-electron chi connectivity index (χ3n) is 2.58. The lowest BCUT2D eigenvalue weighted by Gasteiger charge is -2.24. The molecule has 1 fully saturated rings. The highest BCUT2D eigenvalue weighted by Crippen LogP contribution is 2.29. The first-order valence-corrected chi connectivity index (χ1v) is 6.58. The summed E-state index contributed by atoms with van der Waals surface area (Å²) in [6, 6.07) is -0.824. The number of carboxylic acids is 1. The Labute approximate surface area is 112 Å². The molecule has 0 radical (unpaired) electrons. The summed E-state index contributed by atoms with van der Waals surface area (Å²) in [6.07, 6.45) is 2.51. The molecule has 1 aliphatic heterocycles. The summed E-state index contributed by atoms with van der Waals surface area (Å²) in [7, 11) is 0. The molecule has 1 aliphatic rings. The minimum atomic E-state index is -1.01. The molecule has 1 N–H and O–H groups in total. The fraction of sp³-hybridized carbons (Fsp3) is 0.400. The molecule has 0 bridgehead atoms. The zero-order valence-corrected chi connectivity index (χ0v) is 11.0. The lowest BCUT2D eigenvalue weighted by Crippen LogP contribution is -2.45. The molecule has 2 heterocycles. The summed E-state index contributed by atoms with van der Waals surface area (Å²) in [5.41, 5.74) is 0.0972. The van der Waals surface area contributed by atoms with Crippen molar-refractivity contribution in [2.24, 2.45) is 0 Å². The van der Waals surface area contributed by atoms with Crippen molar-refractivity contribution in [2.45, 2.75) is 18.3 Å². The first-order chi connectivity index (χ1) is 8.50. The SMILES string of the molecule is CC1SCC(C(=O)O)N1C(=O)c1cnc(Cl)cn1. The van der Waals surface area contributed by atoms with Crippen molar-refractivity contribution in [3.8, 4) is 0 Å². The Kier molecular flexibility index (Phi) is 3.72. The number of carboxylic acid groups (broad SMARTS) is 1. The van der Waals surface area contributed by atoms with Gasteiger partial charge in [0.15, 0.2) is 0 Å². The van der Waals surface area contributed by atoms with Gasteiger partial charge in [-0.15, -0.1) is 11.8 Å². The molecule has 6 nitrogen and oxygen atoms in total. The topological polar surface area (TPSA) is 83.4 Å². The van der Waals surface area contributed by atoms with Gasteiger partial charge in [0.1, 0.15) is 16.9 Å². The summed E-state index contributed by atoms with van der Waals surface area (Å²) in [5.74, 6) is -1.07. The number of amides is 1. The highest BCUT2D eigenvalue weighted by Gasteiger charge is 2.40. The van der Waals surface area contributed by atoms with Crippen molar-refractivity contribution in [2.75, 3.05) is 5.75 Å². The van der Waals surface area contributed by atoms with Crippen LogP contribution in [0, 0.1) is 0 Å². The molecular formula is C10H10ClN3O3S. The molecule has 0 aromatic carbocycles. The monoisotopic (exact) mass is 287 g/mol. The quantitative estimate of drug-likeness (QED) is 0.877. The van der Waals surface area contributed by atoms with Crippen LogP contribution in [0.3, 0.4) is 0 Å². The van der Waals surface area contributed by atoms with E-state index in [1.165, 1.54) is 29.1 Å². The number of aliphatic carboxylic acids is 1. The Morgan fingerprint density at radius 3 is 2.78 bits per heavy atom. The minimum absolute atomic E-state index is 0.0972. The van der Waals surface area contributed by atoms with E-state index in [4.69, 9.17) is 16.7 Å². The predicted octanol–water partition coefficient (Wildman–Crippen LogP) is 1.12. The zero-order valence-electron chi connectivity index (χ0n) is 9.41. The van der Waals surface area contributed by atoms with Crippen molar-refractivity contribution >= 4 is 35.2 Å². The number of halogens is 1. The molecule has 1 aromatic rings. The molecule has 2 rings (SSSR count). The van der Waals surface area contributed by atoms with Gasteiger partial charge in [-0.3, -0.25) is 4.79 Å². The lowest BCUT2D eigenvalue weighted by molar-refractivity contribution is -0.141. The summed E-state index contributed by atoms with van der Waals surface area (Å²) in [4.78, 5) is 32.2. The second-order valence-electron chi connectivity index (χ2n) is 3.72. The molecule has 2 atom stereocenters. The molecule has 0 aliphatic carbocycles. The molecule has 1 amide bonds. The maximum absolute atomic E-state index is 12.2. The molecule has 8 heteroatoms. The molecule has 0 saturated carbocycles. The van der Waals surface area contributed by atoms with Gasteiger partial charge in [0.25, 0.3) is 5.91 Å². The van der Waals surface area contributed by atoms with Crippen LogP contribution in [0.5, 0.6) is 0 Å². The van der Waals surface area contributed by atoms with Crippen LogP contribution in [0.15, 0.2) is 12.4 Å². The van der Waals surface area contributed by atoms with Crippen LogP contribution < -0.4 is 0 Å². The Morgan fingerprint density at radius 1 is 1.50 bits per heavy atom. The van der Waals surface area contributed by atoms with Crippen LogP contribution in [0.1, 0.15) is 17.4 Å². The molecule has 1 saturated heterocycles. The van der Waals surface area contributed by atoms with Crippen molar-refractivity contribution in [3.63, 3.8) is 0 Å². The number of hydrogen-bond donors (Lipinski definition) is 1. The van der Waals surface area contributed by atoms with Gasteiger partial charge in [-0.2, -0.15) is 0 Å². The molecule has 96 valence electrons. The van der Waals surface area contributed by atoms with E-state index in [-0.39, 0.29) is 16.2 Å². The lowest BCUT2D eigenvalue weighted by atomic mass is 10.2. The van der Waals surface area contributed by atoms with Gasteiger partial charge >= 0.3 is 5.97 Å². The fourth-order valence-corrected chi connectivity index (χ4v) is 2.96. The second kappa shape index (κ2) is 5.11. The summed E-state index contributed by atoms with van der Waals surface area (Å²) < 4.78 is 0. The number of aromatic nitrogens is 2. The molecule has 1 aromatic heterocycles. The summed E-state index contributed by atoms with van der Waals surface area (Å²) in [5, 5.41) is 9.06. The van der Waals surface area contributed by atoms with Gasteiger partial charge in [0.05, 0.1) is 17.8 Å². The number of rotatable bonds is 2. The van der Waals surface area contributed by atoms with E-state index in [9.17, 15) is 9.59 Å². The van der Waals surface area contributed by atoms with E-state index in [1.807, 2.05) is 0 Å². The van der Waals surface area contributed by atoms with E-state index in [2.05, 4.69) is 9.97 Å². The van der Waals surface area contributed by atoms with Gasteiger partial charge in [0.2, 0.25) is 0 Å². The largest absolute Gasteiger partial charge is 0.480 e. The van der Waals surface area contributed by atoms with E-state index in [0.29, 0.717) is 5.75 Å². The molecule has 18 heavy (non-hydrogen) atoms. The van der Waals surface area contributed by atoms with Gasteiger partial charge in [-0.1, -0.05) is 11.6 Å². The van der Waals surface area contributed by atoms with Crippen LogP contribution in [-0.4, -0.2) is 49.0 Å². The Bertz CT molecular complexity index is 482. The van der Waals surface area contributed by atoms with Crippen LogP contribution >= 0.6 is 23.4 Å². The first-order valence-electron chi connectivity index (χ1n) is 5.15. The average Bonchev–Trinajstić information content (AvgIpc) is 2.71. The fourth-order valence-electron chi connectivity index (χ4n) is 1.70. The van der Waals surface area contributed by atoms with E-state index >= 15 is 0 Å². The van der Waals surface area contributed by atoms with E-state index < -0.39 is 17.9 Å². The smallest absolute Gasteiger partial charge is 0.327 e. The second-order valence-corrected chi connectivity index (χ2v) is 5.46. The standard InChI is InChI=1S/C10H10ClN3O3S/c1-5-14(7(4-18-5)10(16)17)9(15)6-2-13-8(11)3-12-6/h2-3,5,7H,4H2,1H3,(H,16,17). The molecular weight excluding hydrogens is 278 g/mol. The molecule has 2 unspecified atom stereocenters. The third kappa shape index (κ3) is 2.41. The van der Waals surface area contributed by atoms with Gasteiger partial charge in [-0.25, -0.2) is 14.8 Å². The highest BCUT2D eigenvalue weighted by atomic mass is 35.5. The number of carbonyl (C=O) groups is 2. The van der Waals surface area contributed by atoms with E-state index in [1.54, 1.807) is 6.92 Å². The number of carbonyl (C=O) groups excluding carboxylic acids is 1. The Hall–Kier alpha value is -1.34. The van der Waals surface area contributed by atoms with Crippen molar-refractivity contribution in [1.29, 1.82) is 0 Å². The number of nitrogens with zero attached hydrogens (tertiary/aromatic N) is 3. The van der Waals surface area contributed by atoms with Crippen LogP contribution in [0.2, 0.25) is 5.15 Å². The minimum Gasteiger partial charge on any atom is -0.480 e. The van der Waals surface area contributed by atoms with Gasteiger partial charge < -0.3 is 10.0 Å². The Balaban J connectivity index is 2.26. The molecule has 0 spiro atoms. The number of thioether (sulfide) groups is 1. The first kappa shape index (κ1) is 13.1. The number of hydrogen-bond acceptors (Lipinski definition) is 5. The normalized spacial score (nSPS) is 23.1. The average molecular weight is 288 g/mol. The zero-order chi connectivity index (χ0) is 13.3. The van der Waals surface area contributed by atoms with Gasteiger partial charge in [-0.05, 0) is 6.92 Å². The maximum Gasteiger partial charge on any atom is 0.327 e. The van der Waals surface area contributed by atoms with Crippen molar-refractivity contribution in [3.05, 3.63) is 23.2 Å². The summed E-state index contributed by atoms with van der Waals surface area (Å²) >= 11 is 7.00. The summed E-state index contributed by atoms with van der Waals surface area (Å²) in [6.45, 7) is 1.79. The predicted molar refractivity (Wildman–Crippen MR) is 66.6 cm³/mol. The van der Waals surface area contributed by atoms with Crippen molar-refractivity contribution < 1.29 is 14.7 Å².